The van der Waals surface area contributed by atoms with Crippen molar-refractivity contribution in [1.29, 1.82) is 0 Å². The smallest absolute Gasteiger partial charge is 0.252 e. The Hall–Kier alpha value is -2.01. The summed E-state index contributed by atoms with van der Waals surface area (Å²) < 4.78 is 2.17. The molecule has 5 heteroatoms. The fourth-order valence-electron chi connectivity index (χ4n) is 4.21. The Kier molecular flexibility index (Phi) is 5.16. The molecule has 1 aliphatic carbocycles. The molecule has 1 amide bonds. The van der Waals surface area contributed by atoms with Crippen molar-refractivity contribution in [3.8, 4) is 0 Å². The van der Waals surface area contributed by atoms with Crippen molar-refractivity contribution in [2.45, 2.75) is 44.6 Å². The zero-order valence-electron chi connectivity index (χ0n) is 15.8. The van der Waals surface area contributed by atoms with Crippen LogP contribution in [-0.4, -0.2) is 54.5 Å². The summed E-state index contributed by atoms with van der Waals surface area (Å²) in [6, 6.07) is 8.66. The minimum Gasteiger partial charge on any atom is -0.355 e. The molecular formula is C21H30N4O. The van der Waals surface area contributed by atoms with Gasteiger partial charge in [-0.2, -0.15) is 0 Å². The van der Waals surface area contributed by atoms with Crippen molar-refractivity contribution in [3.05, 3.63) is 36.0 Å². The topological polar surface area (TPSA) is 40.0 Å². The van der Waals surface area contributed by atoms with Gasteiger partial charge in [-0.3, -0.25) is 4.79 Å². The van der Waals surface area contributed by atoms with Crippen LogP contribution in [0.1, 0.15) is 48.9 Å². The van der Waals surface area contributed by atoms with Crippen LogP contribution >= 0.6 is 0 Å². The zero-order chi connectivity index (χ0) is 17.9. The molecule has 2 fully saturated rings. The predicted molar refractivity (Wildman–Crippen MR) is 106 cm³/mol. The van der Waals surface area contributed by atoms with Gasteiger partial charge in [0.2, 0.25) is 0 Å². The number of nitrogens with one attached hydrogen (secondary N) is 1. The molecule has 4 rings (SSSR count). The van der Waals surface area contributed by atoms with E-state index in [0.717, 1.165) is 50.1 Å². The maximum atomic E-state index is 12.8. The highest BCUT2D eigenvalue weighted by molar-refractivity contribution is 5.94. The molecule has 0 aromatic carbocycles. The normalized spacial score (nSPS) is 20.3. The number of pyridine rings is 1. The lowest BCUT2D eigenvalue weighted by molar-refractivity contribution is 0.0933. The Bertz CT molecular complexity index is 752. The highest BCUT2D eigenvalue weighted by atomic mass is 16.1. The van der Waals surface area contributed by atoms with Gasteiger partial charge in [0.25, 0.3) is 5.91 Å². The summed E-state index contributed by atoms with van der Waals surface area (Å²) in [5.74, 6) is 1.26. The highest BCUT2D eigenvalue weighted by Gasteiger charge is 2.19. The molecule has 3 heterocycles. The number of piperazine rings is 1. The third kappa shape index (κ3) is 3.73. The van der Waals surface area contributed by atoms with E-state index in [-0.39, 0.29) is 5.91 Å². The largest absolute Gasteiger partial charge is 0.355 e. The molecule has 1 N–H and O–H groups in total. The maximum absolute atomic E-state index is 12.8. The summed E-state index contributed by atoms with van der Waals surface area (Å²) in [5, 5.41) is 3.26. The third-order valence-electron chi connectivity index (χ3n) is 5.91. The average Bonchev–Trinajstić information content (AvgIpc) is 2.90. The van der Waals surface area contributed by atoms with E-state index in [4.69, 9.17) is 0 Å². The minimum absolute atomic E-state index is 0.0665. The first kappa shape index (κ1) is 17.4. The third-order valence-corrected chi connectivity index (χ3v) is 5.91. The molecule has 0 spiro atoms. The standard InChI is InChI=1S/C21H30N4O/c1-23-12-14-24(15-13-23)20-11-10-19-9-8-17(16-25(19)20)21(26)22-18-6-4-2-3-5-7-18/h8-11,16,18H,2-7,12-15H2,1H3,(H,22,26). The summed E-state index contributed by atoms with van der Waals surface area (Å²) in [7, 11) is 2.17. The van der Waals surface area contributed by atoms with Gasteiger partial charge in [0.15, 0.2) is 0 Å². The van der Waals surface area contributed by atoms with Gasteiger partial charge in [0.1, 0.15) is 5.82 Å². The summed E-state index contributed by atoms with van der Waals surface area (Å²) >= 11 is 0. The molecule has 5 nitrogen and oxygen atoms in total. The van der Waals surface area contributed by atoms with Crippen LogP contribution in [0.4, 0.5) is 5.82 Å². The van der Waals surface area contributed by atoms with Crippen molar-refractivity contribution >= 4 is 17.2 Å². The van der Waals surface area contributed by atoms with Crippen molar-refractivity contribution in [2.24, 2.45) is 0 Å². The lowest BCUT2D eigenvalue weighted by atomic mass is 10.1. The maximum Gasteiger partial charge on any atom is 0.252 e. The molecule has 1 saturated carbocycles. The molecule has 0 radical (unpaired) electrons. The molecule has 140 valence electrons. The number of nitrogens with zero attached hydrogens (tertiary/aromatic N) is 3. The Morgan fingerprint density at radius 1 is 0.962 bits per heavy atom. The second-order valence-corrected chi connectivity index (χ2v) is 7.86. The van der Waals surface area contributed by atoms with E-state index in [9.17, 15) is 4.79 Å². The van der Waals surface area contributed by atoms with Gasteiger partial charge >= 0.3 is 0 Å². The average molecular weight is 354 g/mol. The second-order valence-electron chi connectivity index (χ2n) is 7.86. The Morgan fingerprint density at radius 3 is 2.38 bits per heavy atom. The molecule has 1 saturated heterocycles. The fraction of sp³-hybridized carbons (Fsp3) is 0.571. The van der Waals surface area contributed by atoms with Gasteiger partial charge in [-0.05, 0) is 44.2 Å². The van der Waals surface area contributed by atoms with Gasteiger partial charge < -0.3 is 19.5 Å². The molecule has 2 aliphatic rings. The van der Waals surface area contributed by atoms with Crippen LogP contribution in [0.15, 0.2) is 30.5 Å². The number of hydrogen-bond acceptors (Lipinski definition) is 3. The van der Waals surface area contributed by atoms with E-state index in [1.165, 1.54) is 31.5 Å². The Balaban J connectivity index is 1.52. The quantitative estimate of drug-likeness (QED) is 0.861. The van der Waals surface area contributed by atoms with Crippen LogP contribution in [0.25, 0.3) is 5.52 Å². The molecule has 2 aromatic heterocycles. The first-order valence-corrected chi connectivity index (χ1v) is 10.1. The van der Waals surface area contributed by atoms with E-state index in [1.807, 2.05) is 12.3 Å². The predicted octanol–water partition coefficient (Wildman–Crippen LogP) is 3.14. The molecule has 0 unspecified atom stereocenters. The zero-order valence-corrected chi connectivity index (χ0v) is 15.8. The minimum atomic E-state index is 0.0665. The van der Waals surface area contributed by atoms with Gasteiger partial charge in [0, 0.05) is 43.9 Å². The van der Waals surface area contributed by atoms with Crippen LogP contribution in [0.5, 0.6) is 0 Å². The number of carbonyl (C=O) groups is 1. The molecule has 26 heavy (non-hydrogen) atoms. The van der Waals surface area contributed by atoms with E-state index in [1.54, 1.807) is 0 Å². The number of carbonyl (C=O) groups excluding carboxylic acids is 1. The Labute approximate surface area is 156 Å². The lowest BCUT2D eigenvalue weighted by Gasteiger charge is -2.33. The number of aromatic nitrogens is 1. The molecular weight excluding hydrogens is 324 g/mol. The van der Waals surface area contributed by atoms with Crippen LogP contribution in [-0.2, 0) is 0 Å². The van der Waals surface area contributed by atoms with E-state index >= 15 is 0 Å². The fourth-order valence-corrected chi connectivity index (χ4v) is 4.21. The summed E-state index contributed by atoms with van der Waals surface area (Å²) in [5.41, 5.74) is 1.90. The summed E-state index contributed by atoms with van der Waals surface area (Å²) in [6.45, 7) is 4.21. The number of likely N-dealkylation sites (N-methyl/N-ethyl adjacent to an activating group) is 1. The monoisotopic (exact) mass is 354 g/mol. The summed E-state index contributed by atoms with van der Waals surface area (Å²) in [4.78, 5) is 17.6. The van der Waals surface area contributed by atoms with Crippen molar-refractivity contribution in [3.63, 3.8) is 0 Å². The first-order valence-electron chi connectivity index (χ1n) is 10.1. The Morgan fingerprint density at radius 2 is 1.65 bits per heavy atom. The van der Waals surface area contributed by atoms with Gasteiger partial charge in [0.05, 0.1) is 5.56 Å². The van der Waals surface area contributed by atoms with Gasteiger partial charge in [-0.1, -0.05) is 25.7 Å². The first-order chi connectivity index (χ1) is 12.7. The molecule has 0 bridgehead atoms. The number of rotatable bonds is 3. The van der Waals surface area contributed by atoms with Crippen LogP contribution in [0.2, 0.25) is 0 Å². The summed E-state index contributed by atoms with van der Waals surface area (Å²) in [6.07, 6.45) is 9.31. The number of anilines is 1. The van der Waals surface area contributed by atoms with E-state index < -0.39 is 0 Å². The molecule has 2 aromatic rings. The number of amides is 1. The number of hydrogen-bond donors (Lipinski definition) is 1. The second kappa shape index (κ2) is 7.70. The van der Waals surface area contributed by atoms with Crippen LogP contribution in [0, 0.1) is 0 Å². The van der Waals surface area contributed by atoms with Crippen molar-refractivity contribution < 1.29 is 4.79 Å². The van der Waals surface area contributed by atoms with Crippen molar-refractivity contribution in [1.82, 2.24) is 14.6 Å². The van der Waals surface area contributed by atoms with Crippen LogP contribution in [0.3, 0.4) is 0 Å². The van der Waals surface area contributed by atoms with Gasteiger partial charge in [-0.15, -0.1) is 0 Å². The van der Waals surface area contributed by atoms with E-state index in [0.29, 0.717) is 6.04 Å². The van der Waals surface area contributed by atoms with E-state index in [2.05, 4.69) is 44.8 Å². The molecule has 1 aliphatic heterocycles. The number of fused-ring (bicyclic) bond motifs is 1. The molecule has 0 atom stereocenters. The van der Waals surface area contributed by atoms with Crippen LogP contribution < -0.4 is 10.2 Å². The SMILES string of the molecule is CN1CCN(c2ccc3ccc(C(=O)NC4CCCCCC4)cn23)CC1. The highest BCUT2D eigenvalue weighted by Crippen LogP contribution is 2.22. The van der Waals surface area contributed by atoms with Gasteiger partial charge in [-0.25, -0.2) is 0 Å². The lowest BCUT2D eigenvalue weighted by Crippen LogP contribution is -2.44. The van der Waals surface area contributed by atoms with Crippen molar-refractivity contribution in [2.75, 3.05) is 38.1 Å².